The van der Waals surface area contributed by atoms with E-state index in [-0.39, 0.29) is 0 Å². The van der Waals surface area contributed by atoms with Crippen LogP contribution in [0.15, 0.2) is 60.7 Å². The number of phenolic OH excluding ortho intramolecular Hbond substituents is 1. The molecule has 1 saturated heterocycles. The van der Waals surface area contributed by atoms with Gasteiger partial charge >= 0.3 is 0 Å². The normalized spacial score (nSPS) is 18.0. The minimum absolute atomic E-state index is 0.363. The summed E-state index contributed by atoms with van der Waals surface area (Å²) in [6, 6.07) is 20.8. The molecule has 3 aromatic rings. The average molecular weight is 529 g/mol. The van der Waals surface area contributed by atoms with Crippen molar-refractivity contribution in [3.8, 4) is 17.2 Å². The molecular formula is C34H44N2O3. The molecule has 0 spiro atoms. The van der Waals surface area contributed by atoms with Gasteiger partial charge in [-0.3, -0.25) is 4.90 Å². The summed E-state index contributed by atoms with van der Waals surface area (Å²) in [4.78, 5) is 2.56. The van der Waals surface area contributed by atoms with Crippen molar-refractivity contribution >= 4 is 5.69 Å². The predicted octanol–water partition coefficient (Wildman–Crippen LogP) is 6.97. The Balaban J connectivity index is 1.13. The second kappa shape index (κ2) is 13.7. The van der Waals surface area contributed by atoms with E-state index >= 15 is 0 Å². The molecule has 1 atom stereocenters. The molecule has 5 heteroatoms. The highest BCUT2D eigenvalue weighted by atomic mass is 16.5. The number of rotatable bonds is 10. The Hall–Kier alpha value is -3.18. The Morgan fingerprint density at radius 2 is 1.64 bits per heavy atom. The second-order valence-corrected chi connectivity index (χ2v) is 11.1. The van der Waals surface area contributed by atoms with Crippen molar-refractivity contribution in [1.29, 1.82) is 0 Å². The molecule has 1 heterocycles. The van der Waals surface area contributed by atoms with Crippen LogP contribution >= 0.6 is 0 Å². The first-order chi connectivity index (χ1) is 19.2. The van der Waals surface area contributed by atoms with Gasteiger partial charge < -0.3 is 19.9 Å². The van der Waals surface area contributed by atoms with Gasteiger partial charge in [0.2, 0.25) is 0 Å². The first kappa shape index (κ1) is 27.4. The second-order valence-electron chi connectivity index (χ2n) is 11.1. The van der Waals surface area contributed by atoms with Crippen LogP contribution in [0, 0.1) is 0 Å². The topological polar surface area (TPSA) is 54.0 Å². The van der Waals surface area contributed by atoms with E-state index in [0.29, 0.717) is 11.7 Å². The lowest BCUT2D eigenvalue weighted by molar-refractivity contribution is 0.195. The summed E-state index contributed by atoms with van der Waals surface area (Å²) in [5.74, 6) is 2.65. The van der Waals surface area contributed by atoms with E-state index in [0.717, 1.165) is 62.6 Å². The van der Waals surface area contributed by atoms with E-state index in [2.05, 4.69) is 58.7 Å². The number of anilines is 1. The Morgan fingerprint density at radius 3 is 2.44 bits per heavy atom. The molecular weight excluding hydrogens is 484 g/mol. The number of nitrogens with zero attached hydrogens (tertiary/aromatic N) is 1. The number of aryl methyl sites for hydroxylation is 1. The number of methoxy groups -OCH3 is 1. The molecule has 1 aliphatic heterocycles. The number of likely N-dealkylation sites (tertiary alicyclic amines) is 1. The zero-order chi connectivity index (χ0) is 26.9. The van der Waals surface area contributed by atoms with Crippen LogP contribution in [0.1, 0.15) is 66.7 Å². The molecule has 0 bridgehead atoms. The molecule has 1 aliphatic carbocycles. The van der Waals surface area contributed by atoms with Crippen LogP contribution in [0.3, 0.4) is 0 Å². The van der Waals surface area contributed by atoms with E-state index in [4.69, 9.17) is 9.47 Å². The number of hydrogen-bond donors (Lipinski definition) is 2. The van der Waals surface area contributed by atoms with E-state index in [1.54, 1.807) is 7.11 Å². The summed E-state index contributed by atoms with van der Waals surface area (Å²) < 4.78 is 11.6. The van der Waals surface area contributed by atoms with Gasteiger partial charge in [0.15, 0.2) is 0 Å². The van der Waals surface area contributed by atoms with Crippen LogP contribution in [-0.2, 0) is 19.3 Å². The zero-order valence-corrected chi connectivity index (χ0v) is 23.5. The Labute approximate surface area is 234 Å². The number of ether oxygens (including phenoxy) is 2. The largest absolute Gasteiger partial charge is 0.508 e. The van der Waals surface area contributed by atoms with Gasteiger partial charge in [-0.1, -0.05) is 43.5 Å². The molecule has 2 aliphatic rings. The summed E-state index contributed by atoms with van der Waals surface area (Å²) >= 11 is 0. The molecule has 39 heavy (non-hydrogen) atoms. The fourth-order valence-electron chi connectivity index (χ4n) is 6.10. The lowest BCUT2D eigenvalue weighted by atomic mass is 9.79. The Kier molecular flexibility index (Phi) is 9.66. The van der Waals surface area contributed by atoms with Crippen molar-refractivity contribution in [1.82, 2.24) is 4.90 Å². The molecule has 208 valence electrons. The first-order valence-electron chi connectivity index (χ1n) is 14.8. The van der Waals surface area contributed by atoms with E-state index < -0.39 is 0 Å². The maximum Gasteiger partial charge on any atom is 0.120 e. The van der Waals surface area contributed by atoms with Crippen LogP contribution in [0.25, 0.3) is 0 Å². The molecule has 5 nitrogen and oxygen atoms in total. The van der Waals surface area contributed by atoms with E-state index in [1.807, 2.05) is 12.1 Å². The highest BCUT2D eigenvalue weighted by Crippen LogP contribution is 2.38. The number of phenols is 1. The van der Waals surface area contributed by atoms with Crippen molar-refractivity contribution in [2.24, 2.45) is 0 Å². The molecule has 2 N–H and O–H groups in total. The molecule has 1 fully saturated rings. The van der Waals surface area contributed by atoms with Crippen molar-refractivity contribution in [2.45, 2.75) is 63.7 Å². The molecule has 5 rings (SSSR count). The number of nitrogens with one attached hydrogen (secondary N) is 1. The van der Waals surface area contributed by atoms with Gasteiger partial charge in [-0.2, -0.15) is 0 Å². The van der Waals surface area contributed by atoms with Gasteiger partial charge in [-0.05, 0) is 110 Å². The predicted molar refractivity (Wildman–Crippen MR) is 160 cm³/mol. The molecule has 3 aromatic carbocycles. The lowest BCUT2D eigenvalue weighted by Gasteiger charge is -2.27. The standard InChI is InChI=1S/C34H44N2O3/c1-38-32-15-16-33(29-10-9-28-24-30(37)12-11-27(28)23-29)34(25-32)35-18-17-26-7-13-31(14-8-26)39-22-21-36-19-5-3-2-4-6-20-36/h7-8,11-16,24-25,29,35,37H,2-6,9-10,17-23H2,1H3. The number of hydrogen-bond acceptors (Lipinski definition) is 5. The maximum absolute atomic E-state index is 9.85. The van der Waals surface area contributed by atoms with Crippen LogP contribution in [0.5, 0.6) is 17.2 Å². The quantitative estimate of drug-likeness (QED) is 0.298. The van der Waals surface area contributed by atoms with Crippen LogP contribution in [-0.4, -0.2) is 49.9 Å². The van der Waals surface area contributed by atoms with Gasteiger partial charge in [0.1, 0.15) is 23.9 Å². The zero-order valence-electron chi connectivity index (χ0n) is 23.5. The SMILES string of the molecule is COc1ccc(C2CCc3cc(O)ccc3C2)c(NCCc2ccc(OCCN3CCCCCCC3)cc2)c1. The van der Waals surface area contributed by atoms with Crippen LogP contribution < -0.4 is 14.8 Å². The third-order valence-electron chi connectivity index (χ3n) is 8.40. The molecule has 1 unspecified atom stereocenters. The molecule has 0 saturated carbocycles. The van der Waals surface area contributed by atoms with Crippen molar-refractivity contribution < 1.29 is 14.6 Å². The van der Waals surface area contributed by atoms with Crippen molar-refractivity contribution in [2.75, 3.05) is 45.2 Å². The van der Waals surface area contributed by atoms with Gasteiger partial charge in [0.05, 0.1) is 7.11 Å². The highest BCUT2D eigenvalue weighted by molar-refractivity contribution is 5.58. The fourth-order valence-corrected chi connectivity index (χ4v) is 6.10. The molecule has 0 radical (unpaired) electrons. The number of benzene rings is 3. The van der Waals surface area contributed by atoms with Gasteiger partial charge in [-0.25, -0.2) is 0 Å². The van der Waals surface area contributed by atoms with Crippen LogP contribution in [0.4, 0.5) is 5.69 Å². The summed E-state index contributed by atoms with van der Waals surface area (Å²) in [6.07, 6.45) is 10.8. The number of aromatic hydroxyl groups is 1. The van der Waals surface area contributed by atoms with Crippen molar-refractivity contribution in [3.05, 3.63) is 82.9 Å². The third-order valence-corrected chi connectivity index (χ3v) is 8.40. The average Bonchev–Trinajstić information content (AvgIpc) is 2.94. The minimum Gasteiger partial charge on any atom is -0.508 e. The fraction of sp³-hybridized carbons (Fsp3) is 0.471. The summed E-state index contributed by atoms with van der Waals surface area (Å²) in [7, 11) is 1.72. The summed E-state index contributed by atoms with van der Waals surface area (Å²) in [5, 5.41) is 13.6. The molecule has 0 aromatic heterocycles. The first-order valence-corrected chi connectivity index (χ1v) is 14.8. The van der Waals surface area contributed by atoms with E-state index in [9.17, 15) is 5.11 Å². The van der Waals surface area contributed by atoms with Crippen LogP contribution in [0.2, 0.25) is 0 Å². The van der Waals surface area contributed by atoms with Gasteiger partial charge in [-0.15, -0.1) is 0 Å². The minimum atomic E-state index is 0.363. The number of fused-ring (bicyclic) bond motifs is 1. The third kappa shape index (κ3) is 7.69. The van der Waals surface area contributed by atoms with Gasteiger partial charge in [0.25, 0.3) is 0 Å². The Morgan fingerprint density at radius 1 is 0.872 bits per heavy atom. The smallest absolute Gasteiger partial charge is 0.120 e. The highest BCUT2D eigenvalue weighted by Gasteiger charge is 2.23. The van der Waals surface area contributed by atoms with Crippen molar-refractivity contribution in [3.63, 3.8) is 0 Å². The van der Waals surface area contributed by atoms with E-state index in [1.165, 1.54) is 67.4 Å². The summed E-state index contributed by atoms with van der Waals surface area (Å²) in [6.45, 7) is 5.05. The maximum atomic E-state index is 9.85. The Bertz CT molecular complexity index is 1190. The van der Waals surface area contributed by atoms with Gasteiger partial charge in [0, 0.05) is 24.8 Å². The lowest BCUT2D eigenvalue weighted by Crippen LogP contribution is -2.31. The monoisotopic (exact) mass is 528 g/mol. The summed E-state index contributed by atoms with van der Waals surface area (Å²) in [5.41, 5.74) is 6.42. The molecule has 0 amide bonds.